The summed E-state index contributed by atoms with van der Waals surface area (Å²) in [4.78, 5) is 10.4. The molecule has 3 aromatic rings. The summed E-state index contributed by atoms with van der Waals surface area (Å²) in [5.74, 6) is 0.108. The highest BCUT2D eigenvalue weighted by Gasteiger charge is 2.36. The average Bonchev–Trinajstić information content (AvgIpc) is 2.69. The van der Waals surface area contributed by atoms with Crippen LogP contribution in [0.25, 0.3) is 0 Å². The van der Waals surface area contributed by atoms with Gasteiger partial charge in [0.05, 0.1) is 11.3 Å². The van der Waals surface area contributed by atoms with Gasteiger partial charge in [0.2, 0.25) is 5.95 Å². The van der Waals surface area contributed by atoms with E-state index in [0.717, 1.165) is 18.0 Å². The van der Waals surface area contributed by atoms with Crippen LogP contribution in [0.15, 0.2) is 70.7 Å². The molecule has 0 amide bonds. The fourth-order valence-corrected chi connectivity index (χ4v) is 3.51. The molecule has 0 aliphatic heterocycles. The van der Waals surface area contributed by atoms with Gasteiger partial charge in [-0.25, -0.2) is 9.97 Å². The van der Waals surface area contributed by atoms with Crippen molar-refractivity contribution in [2.75, 3.05) is 11.4 Å². The van der Waals surface area contributed by atoms with Crippen molar-refractivity contribution in [1.29, 1.82) is 5.26 Å². The number of aromatic nitrogens is 2. The third-order valence-corrected chi connectivity index (χ3v) is 4.89. The summed E-state index contributed by atoms with van der Waals surface area (Å²) in [7, 11) is 0. The molecule has 0 saturated carbocycles. The summed E-state index contributed by atoms with van der Waals surface area (Å²) in [6.45, 7) is 2.21. The minimum Gasteiger partial charge on any atom is -0.309 e. The number of nitrogens with zero attached hydrogens (tertiary/aromatic N) is 4. The highest BCUT2D eigenvalue weighted by atomic mass is 32.2. The molecule has 142 valence electrons. The first kappa shape index (κ1) is 19.7. The summed E-state index contributed by atoms with van der Waals surface area (Å²) in [6, 6.07) is 17.6. The standard InChI is InChI=1S/C20H15F3N4S/c1-2-27(17-11-7-6-8-14(17)12-24)19-25-13-16(20(21,22)23)18(26-19)28-15-9-4-3-5-10-15/h3-11,13H,2H2,1H3. The number of nitriles is 1. The number of hydrogen-bond acceptors (Lipinski definition) is 5. The number of benzene rings is 2. The van der Waals surface area contributed by atoms with Crippen LogP contribution in [0.4, 0.5) is 24.8 Å². The van der Waals surface area contributed by atoms with E-state index in [1.807, 2.05) is 6.92 Å². The Bertz CT molecular complexity index is 1000. The maximum Gasteiger partial charge on any atom is 0.420 e. The SMILES string of the molecule is CCN(c1ncc(C(F)(F)F)c(Sc2ccccc2)n1)c1ccccc1C#N. The van der Waals surface area contributed by atoms with Crippen molar-refractivity contribution in [1.82, 2.24) is 9.97 Å². The second kappa shape index (κ2) is 8.31. The van der Waals surface area contributed by atoms with Crippen LogP contribution < -0.4 is 4.90 Å². The van der Waals surface area contributed by atoms with Gasteiger partial charge in [0.1, 0.15) is 16.7 Å². The Labute approximate surface area is 164 Å². The molecule has 0 unspecified atom stereocenters. The molecule has 0 bridgehead atoms. The molecule has 1 aromatic heterocycles. The first-order valence-corrected chi connectivity index (χ1v) is 9.19. The van der Waals surface area contributed by atoms with Crippen molar-refractivity contribution in [3.05, 3.63) is 71.9 Å². The van der Waals surface area contributed by atoms with Gasteiger partial charge in [-0.05, 0) is 31.2 Å². The largest absolute Gasteiger partial charge is 0.420 e. The number of alkyl halides is 3. The Morgan fingerprint density at radius 2 is 1.75 bits per heavy atom. The van der Waals surface area contributed by atoms with Crippen LogP contribution >= 0.6 is 11.8 Å². The van der Waals surface area contributed by atoms with Gasteiger partial charge < -0.3 is 4.90 Å². The molecule has 0 saturated heterocycles. The van der Waals surface area contributed by atoms with Crippen LogP contribution in [0.5, 0.6) is 0 Å². The monoisotopic (exact) mass is 400 g/mol. The highest BCUT2D eigenvalue weighted by Crippen LogP contribution is 2.39. The van der Waals surface area contributed by atoms with Crippen molar-refractivity contribution in [3.63, 3.8) is 0 Å². The van der Waals surface area contributed by atoms with E-state index in [0.29, 0.717) is 22.7 Å². The lowest BCUT2D eigenvalue weighted by Gasteiger charge is -2.23. The second-order valence-electron chi connectivity index (χ2n) is 5.67. The van der Waals surface area contributed by atoms with Gasteiger partial charge in [-0.15, -0.1) is 0 Å². The zero-order chi connectivity index (χ0) is 20.1. The van der Waals surface area contributed by atoms with Crippen LogP contribution in [0.2, 0.25) is 0 Å². The molecule has 0 atom stereocenters. The quantitative estimate of drug-likeness (QED) is 0.516. The molecule has 28 heavy (non-hydrogen) atoms. The summed E-state index contributed by atoms with van der Waals surface area (Å²) in [5.41, 5.74) is 0.0442. The van der Waals surface area contributed by atoms with Gasteiger partial charge in [0.25, 0.3) is 0 Å². The van der Waals surface area contributed by atoms with Crippen LogP contribution in [-0.2, 0) is 6.18 Å². The van der Waals surface area contributed by atoms with E-state index in [1.165, 1.54) is 0 Å². The van der Waals surface area contributed by atoms with Crippen LogP contribution in [0, 0.1) is 11.3 Å². The predicted octanol–water partition coefficient (Wildman–Crippen LogP) is 5.68. The lowest BCUT2D eigenvalue weighted by molar-refractivity contribution is -0.140. The zero-order valence-electron chi connectivity index (χ0n) is 14.8. The Kier molecular flexibility index (Phi) is 5.85. The lowest BCUT2D eigenvalue weighted by atomic mass is 10.2. The van der Waals surface area contributed by atoms with Gasteiger partial charge in [0.15, 0.2) is 0 Å². The molecule has 1 heterocycles. The van der Waals surface area contributed by atoms with Crippen LogP contribution in [0.3, 0.4) is 0 Å². The number of halogens is 3. The van der Waals surface area contributed by atoms with Crippen molar-refractivity contribution in [3.8, 4) is 6.07 Å². The molecular formula is C20H15F3N4S. The highest BCUT2D eigenvalue weighted by molar-refractivity contribution is 7.99. The molecule has 8 heteroatoms. The summed E-state index contributed by atoms with van der Waals surface area (Å²) in [5, 5.41) is 9.16. The lowest BCUT2D eigenvalue weighted by Crippen LogP contribution is -2.21. The van der Waals surface area contributed by atoms with Gasteiger partial charge >= 0.3 is 6.18 Å². The maximum atomic E-state index is 13.5. The Hall–Kier alpha value is -3.05. The van der Waals surface area contributed by atoms with Gasteiger partial charge in [-0.3, -0.25) is 0 Å². The van der Waals surface area contributed by atoms with E-state index in [4.69, 9.17) is 0 Å². The topological polar surface area (TPSA) is 52.8 Å². The van der Waals surface area contributed by atoms with Crippen molar-refractivity contribution < 1.29 is 13.2 Å². The number of anilines is 2. The van der Waals surface area contributed by atoms with Crippen molar-refractivity contribution >= 4 is 23.4 Å². The van der Waals surface area contributed by atoms with E-state index in [1.54, 1.807) is 59.5 Å². The van der Waals surface area contributed by atoms with Crippen LogP contribution in [-0.4, -0.2) is 16.5 Å². The summed E-state index contributed by atoms with van der Waals surface area (Å²) in [6.07, 6.45) is -3.78. The molecule has 0 fully saturated rings. The summed E-state index contributed by atoms with van der Waals surface area (Å²) >= 11 is 0.926. The zero-order valence-corrected chi connectivity index (χ0v) is 15.6. The van der Waals surface area contributed by atoms with E-state index in [2.05, 4.69) is 16.0 Å². The smallest absolute Gasteiger partial charge is 0.309 e. The third kappa shape index (κ3) is 4.26. The van der Waals surface area contributed by atoms with Gasteiger partial charge in [-0.2, -0.15) is 18.4 Å². The van der Waals surface area contributed by atoms with E-state index in [-0.39, 0.29) is 11.0 Å². The molecule has 0 aliphatic carbocycles. The molecule has 2 aromatic carbocycles. The second-order valence-corrected chi connectivity index (χ2v) is 6.74. The third-order valence-electron chi connectivity index (χ3n) is 3.88. The Morgan fingerprint density at radius 1 is 1.07 bits per heavy atom. The molecule has 0 spiro atoms. The molecule has 0 N–H and O–H groups in total. The van der Waals surface area contributed by atoms with E-state index in [9.17, 15) is 18.4 Å². The maximum absolute atomic E-state index is 13.5. The van der Waals surface area contributed by atoms with Crippen molar-refractivity contribution in [2.24, 2.45) is 0 Å². The number of para-hydroxylation sites is 1. The minimum absolute atomic E-state index is 0.108. The van der Waals surface area contributed by atoms with Crippen LogP contribution in [0.1, 0.15) is 18.1 Å². The molecule has 0 aliphatic rings. The molecule has 4 nitrogen and oxygen atoms in total. The first-order valence-electron chi connectivity index (χ1n) is 8.38. The minimum atomic E-state index is -4.57. The summed E-state index contributed by atoms with van der Waals surface area (Å²) < 4.78 is 40.4. The molecule has 0 radical (unpaired) electrons. The van der Waals surface area contributed by atoms with E-state index >= 15 is 0 Å². The number of rotatable bonds is 5. The van der Waals surface area contributed by atoms with Gasteiger partial charge in [-0.1, -0.05) is 42.1 Å². The fraction of sp³-hybridized carbons (Fsp3) is 0.150. The first-order chi connectivity index (χ1) is 13.4. The average molecular weight is 400 g/mol. The van der Waals surface area contributed by atoms with E-state index < -0.39 is 11.7 Å². The normalized spacial score (nSPS) is 11.1. The predicted molar refractivity (Wildman–Crippen MR) is 101 cm³/mol. The van der Waals surface area contributed by atoms with Crippen molar-refractivity contribution in [2.45, 2.75) is 23.0 Å². The molecular weight excluding hydrogens is 385 g/mol. The number of hydrogen-bond donors (Lipinski definition) is 0. The van der Waals surface area contributed by atoms with Gasteiger partial charge in [0, 0.05) is 17.6 Å². The molecule has 3 rings (SSSR count). The Morgan fingerprint density at radius 3 is 2.39 bits per heavy atom. The Balaban J connectivity index is 2.09. The fourth-order valence-electron chi connectivity index (χ4n) is 2.58.